The summed E-state index contributed by atoms with van der Waals surface area (Å²) in [6.45, 7) is 12.7. The number of nitrogens with zero attached hydrogens (tertiary/aromatic N) is 4. The number of aliphatic carboxylic acids is 1. The van der Waals surface area contributed by atoms with E-state index in [0.29, 0.717) is 31.0 Å². The summed E-state index contributed by atoms with van der Waals surface area (Å²) in [5.41, 5.74) is 5.16. The lowest BCUT2D eigenvalue weighted by Gasteiger charge is -2.24. The molecule has 5 aromatic rings. The molecule has 0 bridgehead atoms. The van der Waals surface area contributed by atoms with Crippen LogP contribution in [0.1, 0.15) is 57.1 Å². The molecule has 0 saturated carbocycles. The van der Waals surface area contributed by atoms with E-state index >= 15 is 0 Å². The molecule has 4 heterocycles. The van der Waals surface area contributed by atoms with Gasteiger partial charge in [0.15, 0.2) is 0 Å². The van der Waals surface area contributed by atoms with Crippen molar-refractivity contribution in [3.05, 3.63) is 102 Å². The number of hydrogen-bond acceptors (Lipinski definition) is 6. The van der Waals surface area contributed by atoms with Gasteiger partial charge in [-0.2, -0.15) is 0 Å². The molecule has 0 fully saturated rings. The molecule has 44 heavy (non-hydrogen) atoms. The van der Waals surface area contributed by atoms with Crippen LogP contribution in [0.2, 0.25) is 0 Å². The van der Waals surface area contributed by atoms with Gasteiger partial charge in [0, 0.05) is 45.4 Å². The highest BCUT2D eigenvalue weighted by Crippen LogP contribution is 2.43. The Kier molecular flexibility index (Phi) is 8.79. The van der Waals surface area contributed by atoms with E-state index in [0.717, 1.165) is 44.0 Å². The van der Waals surface area contributed by atoms with Gasteiger partial charge in [-0.25, -0.2) is 9.37 Å². The van der Waals surface area contributed by atoms with Gasteiger partial charge in [-0.1, -0.05) is 51.1 Å². The molecule has 0 amide bonds. The summed E-state index contributed by atoms with van der Waals surface area (Å²) in [7, 11) is 0. The second-order valence-electron chi connectivity index (χ2n) is 12.7. The minimum Gasteiger partial charge on any atom is -0.486 e. The van der Waals surface area contributed by atoms with Crippen molar-refractivity contribution in [3.8, 4) is 17.0 Å². The van der Waals surface area contributed by atoms with Crippen LogP contribution in [0.4, 0.5) is 4.39 Å². The van der Waals surface area contributed by atoms with Crippen LogP contribution in [-0.2, 0) is 24.4 Å². The molecule has 0 radical (unpaired) electrons. The number of benzene rings is 1. The van der Waals surface area contributed by atoms with Crippen LogP contribution in [0.3, 0.4) is 0 Å². The number of hydrogen-bond donors (Lipinski definition) is 1. The van der Waals surface area contributed by atoms with E-state index in [1.807, 2.05) is 55.6 Å². The molecule has 0 unspecified atom stereocenters. The Bertz CT molecular complexity index is 1780. The molecule has 0 spiro atoms. The number of carboxylic acids is 1. The Morgan fingerprint density at radius 3 is 2.32 bits per heavy atom. The molecule has 228 valence electrons. The first-order valence-corrected chi connectivity index (χ1v) is 15.3. The van der Waals surface area contributed by atoms with E-state index in [1.54, 1.807) is 37.9 Å². The summed E-state index contributed by atoms with van der Waals surface area (Å²) in [6, 6.07) is 17.0. The third kappa shape index (κ3) is 7.27. The van der Waals surface area contributed by atoms with E-state index < -0.39 is 11.4 Å². The quantitative estimate of drug-likeness (QED) is 0.159. The second-order valence-corrected chi connectivity index (χ2v) is 14.5. The van der Waals surface area contributed by atoms with Crippen molar-refractivity contribution in [2.75, 3.05) is 0 Å². The van der Waals surface area contributed by atoms with Crippen LogP contribution in [0.5, 0.6) is 5.75 Å². The van der Waals surface area contributed by atoms with Gasteiger partial charge < -0.3 is 14.4 Å². The lowest BCUT2D eigenvalue weighted by molar-refractivity contribution is -0.146. The third-order valence-electron chi connectivity index (χ3n) is 7.20. The Morgan fingerprint density at radius 2 is 1.70 bits per heavy atom. The Labute approximate surface area is 261 Å². The molecule has 0 aliphatic rings. The largest absolute Gasteiger partial charge is 0.486 e. The number of aromatic nitrogens is 4. The minimum absolute atomic E-state index is 0.145. The maximum atomic E-state index is 13.4. The summed E-state index contributed by atoms with van der Waals surface area (Å²) in [6.07, 6.45) is 5.06. The lowest BCUT2D eigenvalue weighted by atomic mass is 9.88. The molecular weight excluding hydrogens is 575 g/mol. The molecule has 9 heteroatoms. The molecule has 1 aromatic carbocycles. The predicted molar refractivity (Wildman–Crippen MR) is 173 cm³/mol. The molecule has 7 nitrogen and oxygen atoms in total. The van der Waals surface area contributed by atoms with Gasteiger partial charge in [0.05, 0.1) is 29.2 Å². The number of rotatable bonds is 10. The Morgan fingerprint density at radius 1 is 0.955 bits per heavy atom. The summed E-state index contributed by atoms with van der Waals surface area (Å²) in [4.78, 5) is 26.8. The highest BCUT2D eigenvalue weighted by molar-refractivity contribution is 8.00. The molecule has 4 aromatic heterocycles. The zero-order chi connectivity index (χ0) is 31.6. The molecule has 0 saturated heterocycles. The smallest absolute Gasteiger partial charge is 0.309 e. The normalized spacial score (nSPS) is 12.1. The number of carbonyl (C=O) groups is 1. The first-order valence-electron chi connectivity index (χ1n) is 14.5. The molecule has 5 rings (SSSR count). The van der Waals surface area contributed by atoms with Crippen LogP contribution < -0.4 is 4.74 Å². The van der Waals surface area contributed by atoms with E-state index in [4.69, 9.17) is 9.72 Å². The minimum atomic E-state index is -1.01. The highest BCUT2D eigenvalue weighted by atomic mass is 32.2. The fraction of sp³-hybridized carbons (Fsp3) is 0.314. The number of carboxylic acid groups (broad SMARTS) is 1. The number of ether oxygens (including phenoxy) is 1. The lowest BCUT2D eigenvalue weighted by Crippen LogP contribution is -2.28. The first-order chi connectivity index (χ1) is 20.8. The maximum absolute atomic E-state index is 13.4. The average Bonchev–Trinajstić information content (AvgIpc) is 3.23. The predicted octanol–water partition coefficient (Wildman–Crippen LogP) is 8.11. The molecule has 0 aliphatic carbocycles. The van der Waals surface area contributed by atoms with Gasteiger partial charge in [0.2, 0.25) is 0 Å². The summed E-state index contributed by atoms with van der Waals surface area (Å²) in [5, 5.41) is 11.0. The van der Waals surface area contributed by atoms with Gasteiger partial charge in [-0.3, -0.25) is 14.8 Å². The van der Waals surface area contributed by atoms with E-state index in [-0.39, 0.29) is 10.6 Å². The topological polar surface area (TPSA) is 90.1 Å². The molecule has 0 atom stereocenters. The zero-order valence-electron chi connectivity index (χ0n) is 25.9. The number of fused-ring (bicyclic) bond motifs is 1. The summed E-state index contributed by atoms with van der Waals surface area (Å²) in [5.74, 6) is -0.619. The van der Waals surface area contributed by atoms with Crippen molar-refractivity contribution in [3.63, 3.8) is 0 Å². The average molecular weight is 613 g/mol. The molecule has 1 N–H and O–H groups in total. The number of aryl methyl sites for hydroxylation is 1. The van der Waals surface area contributed by atoms with Crippen molar-refractivity contribution in [1.29, 1.82) is 0 Å². The van der Waals surface area contributed by atoms with E-state index in [1.165, 1.54) is 12.3 Å². The molecule has 0 aliphatic heterocycles. The standard InChI is InChI=1S/C35H37FN4O3S/c1-22-7-13-26(37-17-22)21-43-27-15-28-31(44-34(2,3)4)30(16-35(5,6)33(41)42)40(32(28)39-19-27)20-23-8-10-24(11-9-23)29-14-12-25(36)18-38-29/h7-15,17-19H,16,20-21H2,1-6H3,(H,41,42). The van der Waals surface area contributed by atoms with Gasteiger partial charge in [0.25, 0.3) is 0 Å². The van der Waals surface area contributed by atoms with Crippen LogP contribution in [0.25, 0.3) is 22.3 Å². The fourth-order valence-electron chi connectivity index (χ4n) is 4.82. The van der Waals surface area contributed by atoms with Crippen molar-refractivity contribution in [2.24, 2.45) is 5.41 Å². The maximum Gasteiger partial charge on any atom is 0.309 e. The van der Waals surface area contributed by atoms with Crippen LogP contribution in [0, 0.1) is 18.2 Å². The van der Waals surface area contributed by atoms with Crippen LogP contribution in [0.15, 0.2) is 78.1 Å². The van der Waals surface area contributed by atoms with E-state index in [9.17, 15) is 14.3 Å². The van der Waals surface area contributed by atoms with Crippen LogP contribution in [-0.4, -0.2) is 35.3 Å². The first kappa shape index (κ1) is 31.2. The number of halogens is 1. The SMILES string of the molecule is Cc1ccc(COc2cnc3c(c2)c(SC(C)(C)C)c(CC(C)(C)C(=O)O)n3Cc2ccc(-c3ccc(F)cn3)cc2)nc1. The van der Waals surface area contributed by atoms with Gasteiger partial charge >= 0.3 is 5.97 Å². The highest BCUT2D eigenvalue weighted by Gasteiger charge is 2.33. The second kappa shape index (κ2) is 12.4. The van der Waals surface area contributed by atoms with Crippen molar-refractivity contribution >= 4 is 28.8 Å². The third-order valence-corrected chi connectivity index (χ3v) is 8.48. The number of pyridine rings is 3. The molecular formula is C35H37FN4O3S. The summed E-state index contributed by atoms with van der Waals surface area (Å²) >= 11 is 1.71. The Balaban J connectivity index is 1.57. The van der Waals surface area contributed by atoms with E-state index in [2.05, 4.69) is 35.3 Å². The van der Waals surface area contributed by atoms with Crippen molar-refractivity contribution in [2.45, 2.75) is 70.8 Å². The fourth-order valence-corrected chi connectivity index (χ4v) is 5.99. The van der Waals surface area contributed by atoms with Gasteiger partial charge in [-0.05, 0) is 56.2 Å². The number of thioether (sulfide) groups is 1. The zero-order valence-corrected chi connectivity index (χ0v) is 26.7. The Hall–Kier alpha value is -4.24. The van der Waals surface area contributed by atoms with Crippen LogP contribution >= 0.6 is 11.8 Å². The van der Waals surface area contributed by atoms with Crippen molar-refractivity contribution in [1.82, 2.24) is 19.5 Å². The van der Waals surface area contributed by atoms with Gasteiger partial charge in [0.1, 0.15) is 23.8 Å². The van der Waals surface area contributed by atoms with Gasteiger partial charge in [-0.15, -0.1) is 11.8 Å². The monoisotopic (exact) mass is 612 g/mol. The summed E-state index contributed by atoms with van der Waals surface area (Å²) < 4.78 is 21.5. The van der Waals surface area contributed by atoms with Crippen molar-refractivity contribution < 1.29 is 19.0 Å².